The van der Waals surface area contributed by atoms with Crippen LogP contribution in [0, 0.1) is 0 Å². The molecule has 0 aliphatic heterocycles. The number of methoxy groups -OCH3 is 1. The maximum Gasteiger partial charge on any atom is 0.413 e. The highest BCUT2D eigenvalue weighted by atomic mass is 79.9. The van der Waals surface area contributed by atoms with Gasteiger partial charge in [-0.2, -0.15) is 0 Å². The molecule has 0 saturated carbocycles. The molecule has 1 rings (SSSR count). The van der Waals surface area contributed by atoms with E-state index >= 15 is 0 Å². The van der Waals surface area contributed by atoms with Crippen LogP contribution >= 0.6 is 27.3 Å². The molecule has 20 heavy (non-hydrogen) atoms. The smallest absolute Gasteiger partial charge is 0.413 e. The van der Waals surface area contributed by atoms with E-state index in [1.807, 2.05) is 0 Å². The number of carbonyl (C=O) groups excluding carboxylic acids is 2. The molecule has 0 atom stereocenters. The number of halogens is 1. The van der Waals surface area contributed by atoms with Gasteiger partial charge in [0.25, 0.3) is 0 Å². The van der Waals surface area contributed by atoms with Gasteiger partial charge in [-0.05, 0) is 0 Å². The standard InChI is InChI=1S/C10H12BrN3O5S/c1-17-8(15)7(14-18-2)6-5-20-9(12-6)13-10(16)19-4-3-11/h5H,3-4H2,1-2H3,(H,12,13,16). The monoisotopic (exact) mass is 365 g/mol. The molecule has 0 fully saturated rings. The number of oxime groups is 1. The first-order valence-corrected chi connectivity index (χ1v) is 7.27. The highest BCUT2D eigenvalue weighted by Gasteiger charge is 2.19. The Balaban J connectivity index is 2.77. The number of nitrogens with one attached hydrogen (secondary N) is 1. The average molecular weight is 366 g/mol. The predicted octanol–water partition coefficient (Wildman–Crippen LogP) is 1.61. The summed E-state index contributed by atoms with van der Waals surface area (Å²) in [7, 11) is 2.52. The number of hydrogen-bond acceptors (Lipinski definition) is 8. The highest BCUT2D eigenvalue weighted by Crippen LogP contribution is 2.17. The molecule has 1 N–H and O–H groups in total. The second-order valence-electron chi connectivity index (χ2n) is 3.10. The topological polar surface area (TPSA) is 99.1 Å². The van der Waals surface area contributed by atoms with Crippen molar-refractivity contribution in [1.29, 1.82) is 0 Å². The van der Waals surface area contributed by atoms with E-state index in [-0.39, 0.29) is 23.1 Å². The minimum atomic E-state index is -0.689. The number of thiazole rings is 1. The fourth-order valence-electron chi connectivity index (χ4n) is 1.07. The predicted molar refractivity (Wildman–Crippen MR) is 76.4 cm³/mol. The summed E-state index contributed by atoms with van der Waals surface area (Å²) in [6.07, 6.45) is -0.631. The largest absolute Gasteiger partial charge is 0.464 e. The third-order valence-corrected chi connectivity index (χ3v) is 2.91. The van der Waals surface area contributed by atoms with E-state index in [1.165, 1.54) is 19.6 Å². The van der Waals surface area contributed by atoms with Crippen molar-refractivity contribution in [2.75, 3.05) is 31.5 Å². The van der Waals surface area contributed by atoms with Gasteiger partial charge in [0.2, 0.25) is 5.71 Å². The molecule has 110 valence electrons. The summed E-state index contributed by atoms with van der Waals surface area (Å²) in [6, 6.07) is 0. The minimum absolute atomic E-state index is 0.0897. The molecule has 8 nitrogen and oxygen atoms in total. The van der Waals surface area contributed by atoms with E-state index in [4.69, 9.17) is 4.74 Å². The van der Waals surface area contributed by atoms with Crippen molar-refractivity contribution in [3.05, 3.63) is 11.1 Å². The summed E-state index contributed by atoms with van der Waals surface area (Å²) in [6.45, 7) is 0.239. The van der Waals surface area contributed by atoms with Gasteiger partial charge >= 0.3 is 12.1 Å². The highest BCUT2D eigenvalue weighted by molar-refractivity contribution is 9.09. The first-order valence-electron chi connectivity index (χ1n) is 5.27. The Labute approximate surface area is 127 Å². The molecule has 0 radical (unpaired) electrons. The minimum Gasteiger partial charge on any atom is -0.464 e. The second kappa shape index (κ2) is 8.48. The van der Waals surface area contributed by atoms with Crippen molar-refractivity contribution < 1.29 is 23.9 Å². The van der Waals surface area contributed by atoms with Crippen molar-refractivity contribution in [3.8, 4) is 0 Å². The van der Waals surface area contributed by atoms with Crippen LogP contribution in [0.2, 0.25) is 0 Å². The molecule has 0 spiro atoms. The van der Waals surface area contributed by atoms with E-state index in [2.05, 4.69) is 41.0 Å². The van der Waals surface area contributed by atoms with E-state index < -0.39 is 12.1 Å². The lowest BCUT2D eigenvalue weighted by Crippen LogP contribution is -2.18. The molecular weight excluding hydrogens is 354 g/mol. The summed E-state index contributed by atoms with van der Waals surface area (Å²) in [5.41, 5.74) is 0.146. The van der Waals surface area contributed by atoms with Gasteiger partial charge in [-0.1, -0.05) is 21.1 Å². The Kier molecular flexibility index (Phi) is 6.94. The average Bonchev–Trinajstić information content (AvgIpc) is 2.89. The van der Waals surface area contributed by atoms with Gasteiger partial charge in [0, 0.05) is 10.7 Å². The van der Waals surface area contributed by atoms with Crippen LogP contribution in [0.1, 0.15) is 5.69 Å². The number of anilines is 1. The molecule has 0 bridgehead atoms. The molecule has 0 saturated heterocycles. The summed E-state index contributed by atoms with van der Waals surface area (Å²) < 4.78 is 9.36. The molecule has 1 amide bonds. The maximum absolute atomic E-state index is 11.5. The molecule has 0 aliphatic carbocycles. The number of carbonyl (C=O) groups is 2. The summed E-state index contributed by atoms with van der Waals surface area (Å²) >= 11 is 4.24. The number of amides is 1. The quantitative estimate of drug-likeness (QED) is 0.355. The number of esters is 1. The van der Waals surface area contributed by atoms with Crippen molar-refractivity contribution >= 4 is 50.2 Å². The maximum atomic E-state index is 11.5. The number of ether oxygens (including phenoxy) is 2. The van der Waals surface area contributed by atoms with Crippen LogP contribution in [0.3, 0.4) is 0 Å². The Morgan fingerprint density at radius 1 is 1.50 bits per heavy atom. The van der Waals surface area contributed by atoms with E-state index in [0.29, 0.717) is 5.33 Å². The van der Waals surface area contributed by atoms with Gasteiger partial charge in [-0.25, -0.2) is 14.6 Å². The van der Waals surface area contributed by atoms with Crippen LogP contribution in [0.4, 0.5) is 9.93 Å². The van der Waals surface area contributed by atoms with Crippen LogP contribution in [0.25, 0.3) is 0 Å². The van der Waals surface area contributed by atoms with Crippen molar-refractivity contribution in [1.82, 2.24) is 4.98 Å². The van der Waals surface area contributed by atoms with E-state index in [9.17, 15) is 9.59 Å². The normalized spacial score (nSPS) is 10.8. The Hall–Kier alpha value is -1.68. The fourth-order valence-corrected chi connectivity index (χ4v) is 1.91. The second-order valence-corrected chi connectivity index (χ2v) is 4.75. The Bertz CT molecular complexity index is 505. The zero-order valence-electron chi connectivity index (χ0n) is 10.7. The van der Waals surface area contributed by atoms with Gasteiger partial charge in [0.15, 0.2) is 5.13 Å². The molecule has 1 aromatic rings. The molecule has 0 unspecified atom stereocenters. The molecule has 0 aliphatic rings. The van der Waals surface area contributed by atoms with Gasteiger partial charge in [-0.15, -0.1) is 11.3 Å². The lowest BCUT2D eigenvalue weighted by atomic mass is 10.3. The van der Waals surface area contributed by atoms with Crippen molar-refractivity contribution in [2.24, 2.45) is 5.16 Å². The number of alkyl halides is 1. The third kappa shape index (κ3) is 4.78. The van der Waals surface area contributed by atoms with E-state index in [1.54, 1.807) is 0 Å². The number of aromatic nitrogens is 1. The molecule has 1 heterocycles. The van der Waals surface area contributed by atoms with Crippen molar-refractivity contribution in [2.45, 2.75) is 0 Å². The zero-order valence-corrected chi connectivity index (χ0v) is 13.1. The van der Waals surface area contributed by atoms with Gasteiger partial charge in [0.1, 0.15) is 19.4 Å². The van der Waals surface area contributed by atoms with Crippen LogP contribution < -0.4 is 5.32 Å². The Morgan fingerprint density at radius 3 is 2.85 bits per heavy atom. The zero-order chi connectivity index (χ0) is 15.0. The fraction of sp³-hybridized carbons (Fsp3) is 0.400. The van der Waals surface area contributed by atoms with Crippen LogP contribution in [0.15, 0.2) is 10.5 Å². The molecule has 1 aromatic heterocycles. The van der Waals surface area contributed by atoms with Gasteiger partial charge in [0.05, 0.1) is 7.11 Å². The molecule has 10 heteroatoms. The third-order valence-electron chi connectivity index (χ3n) is 1.83. The first-order chi connectivity index (χ1) is 9.62. The van der Waals surface area contributed by atoms with Crippen LogP contribution in [0.5, 0.6) is 0 Å². The van der Waals surface area contributed by atoms with Gasteiger partial charge in [-0.3, -0.25) is 5.32 Å². The lowest BCUT2D eigenvalue weighted by molar-refractivity contribution is -0.132. The summed E-state index contributed by atoms with van der Waals surface area (Å²) in [4.78, 5) is 31.4. The Morgan fingerprint density at radius 2 is 2.25 bits per heavy atom. The lowest BCUT2D eigenvalue weighted by Gasteiger charge is -2.02. The summed E-state index contributed by atoms with van der Waals surface area (Å²) in [5, 5.41) is 8.32. The number of rotatable bonds is 6. The van der Waals surface area contributed by atoms with Crippen molar-refractivity contribution in [3.63, 3.8) is 0 Å². The summed E-state index contributed by atoms with van der Waals surface area (Å²) in [5.74, 6) is -0.689. The van der Waals surface area contributed by atoms with Crippen LogP contribution in [-0.4, -0.2) is 48.9 Å². The number of hydrogen-bond donors (Lipinski definition) is 1. The van der Waals surface area contributed by atoms with Crippen LogP contribution in [-0.2, 0) is 19.1 Å². The first kappa shape index (κ1) is 16.4. The molecular formula is C10H12BrN3O5S. The van der Waals surface area contributed by atoms with E-state index in [0.717, 1.165) is 11.3 Å². The SMILES string of the molecule is CON=C(C(=O)OC)c1csc(NC(=O)OCCBr)n1. The number of nitrogens with zero attached hydrogens (tertiary/aromatic N) is 2. The van der Waals surface area contributed by atoms with Gasteiger partial charge < -0.3 is 14.3 Å². The molecule has 0 aromatic carbocycles.